The van der Waals surface area contributed by atoms with E-state index in [4.69, 9.17) is 23.3 Å². The van der Waals surface area contributed by atoms with E-state index in [0.717, 1.165) is 96.3 Å². The van der Waals surface area contributed by atoms with Crippen molar-refractivity contribution in [3.8, 4) is 0 Å². The van der Waals surface area contributed by atoms with E-state index in [0.29, 0.717) is 19.3 Å². The molecule has 0 bridgehead atoms. The molecule has 0 amide bonds. The summed E-state index contributed by atoms with van der Waals surface area (Å²) in [7, 11) is -4.74. The lowest BCUT2D eigenvalue weighted by molar-refractivity contribution is -0.161. The van der Waals surface area contributed by atoms with Gasteiger partial charge in [-0.3, -0.25) is 23.4 Å². The molecule has 0 aliphatic heterocycles. The molecule has 2 N–H and O–H groups in total. The third-order valence-corrected chi connectivity index (χ3v) is 13.8. The van der Waals surface area contributed by atoms with Gasteiger partial charge < -0.3 is 24.2 Å². The lowest BCUT2D eigenvalue weighted by Crippen LogP contribution is -2.30. The van der Waals surface area contributed by atoms with Crippen LogP contribution in [0, 0.1) is 0 Å². The minimum absolute atomic E-state index is 0.171. The Hall–Kier alpha value is -2.04. The summed E-state index contributed by atoms with van der Waals surface area (Å²) in [6.45, 7) is 4.64. The number of rotatable bonds is 55. The molecular formula is C58H109O11P. The molecule has 70 heavy (non-hydrogen) atoms. The highest BCUT2D eigenvalue weighted by molar-refractivity contribution is 7.47. The molecule has 12 heteroatoms. The van der Waals surface area contributed by atoms with Crippen LogP contribution in [0.25, 0.3) is 0 Å². The second-order valence-electron chi connectivity index (χ2n) is 19.8. The molecule has 0 saturated carbocycles. The Morgan fingerprint density at radius 2 is 0.657 bits per heavy atom. The number of hydrogen-bond acceptors (Lipinski definition) is 10. The van der Waals surface area contributed by atoms with Crippen LogP contribution in [0.3, 0.4) is 0 Å². The van der Waals surface area contributed by atoms with Crippen molar-refractivity contribution in [2.75, 3.05) is 26.4 Å². The van der Waals surface area contributed by atoms with Crippen LogP contribution in [-0.4, -0.2) is 66.5 Å². The summed E-state index contributed by atoms with van der Waals surface area (Å²) >= 11 is 0. The maximum atomic E-state index is 12.9. The summed E-state index contributed by atoms with van der Waals surface area (Å²) in [5, 5.41) is 9.80. The molecule has 0 aliphatic carbocycles. The number of hydrogen-bond donors (Lipinski definition) is 2. The normalized spacial score (nSPS) is 13.5. The van der Waals surface area contributed by atoms with Crippen LogP contribution >= 0.6 is 7.82 Å². The summed E-state index contributed by atoms with van der Waals surface area (Å²) < 4.78 is 39.5. The Bertz CT molecular complexity index is 1270. The standard InChI is InChI=1S/C58H109O11P/c1-4-7-10-13-16-19-22-25-26-27-28-31-34-37-40-43-46-49-58(62)69-55(51-65-56(60)47-44-41-38-35-32-29-23-20-17-14-11-8-5-2)53-67-70(63,64)66-52-54(50-59)68-57(61)48-45-42-39-36-33-30-24-21-18-15-12-9-6-3/h20-21,23-24,54-55,59H,4-19,22,25-53H2,1-3H3,(H,63,64)/b23-20-,24-21-. The number of unbranched alkanes of at least 4 members (excludes halogenated alkanes) is 34. The molecule has 0 aromatic rings. The summed E-state index contributed by atoms with van der Waals surface area (Å²) in [6.07, 6.45) is 52.7. The number of phosphoric acid groups is 1. The molecule has 0 heterocycles. The SMILES string of the molecule is CCCCCC/C=C\CCCCCCCC(=O)OCC(COP(=O)(O)OCC(CO)OC(=O)CCCCCCC/C=C\CCCCCC)OC(=O)CCCCCCCCCCCCCCCCCCC. The van der Waals surface area contributed by atoms with Crippen LogP contribution in [0.5, 0.6) is 0 Å². The van der Waals surface area contributed by atoms with E-state index in [1.54, 1.807) is 0 Å². The quantitative estimate of drug-likeness (QED) is 0.0197. The van der Waals surface area contributed by atoms with Crippen molar-refractivity contribution in [3.05, 3.63) is 24.3 Å². The Morgan fingerprint density at radius 3 is 1.00 bits per heavy atom. The fourth-order valence-electron chi connectivity index (χ4n) is 8.35. The summed E-state index contributed by atoms with van der Waals surface area (Å²) in [5.74, 6) is -1.46. The minimum Gasteiger partial charge on any atom is -0.462 e. The van der Waals surface area contributed by atoms with Gasteiger partial charge in [-0.2, -0.15) is 0 Å². The van der Waals surface area contributed by atoms with Crippen molar-refractivity contribution in [1.82, 2.24) is 0 Å². The van der Waals surface area contributed by atoms with Crippen molar-refractivity contribution in [2.24, 2.45) is 0 Å². The first-order valence-corrected chi connectivity index (χ1v) is 30.7. The maximum absolute atomic E-state index is 12.9. The third-order valence-electron chi connectivity index (χ3n) is 12.8. The number of aliphatic hydroxyl groups is 1. The van der Waals surface area contributed by atoms with Gasteiger partial charge in [-0.25, -0.2) is 4.57 Å². The van der Waals surface area contributed by atoms with Crippen LogP contribution in [-0.2, 0) is 42.2 Å². The number of carbonyl (C=O) groups is 3. The van der Waals surface area contributed by atoms with Gasteiger partial charge in [-0.15, -0.1) is 0 Å². The smallest absolute Gasteiger partial charge is 0.462 e. The van der Waals surface area contributed by atoms with Gasteiger partial charge in [-0.05, 0) is 70.6 Å². The number of allylic oxidation sites excluding steroid dienone is 4. The van der Waals surface area contributed by atoms with Gasteiger partial charge in [-0.1, -0.05) is 225 Å². The summed E-state index contributed by atoms with van der Waals surface area (Å²) in [6, 6.07) is 0. The first-order valence-electron chi connectivity index (χ1n) is 29.2. The number of aliphatic hydroxyl groups excluding tert-OH is 1. The molecule has 11 nitrogen and oxygen atoms in total. The fraction of sp³-hybridized carbons (Fsp3) is 0.879. The van der Waals surface area contributed by atoms with Gasteiger partial charge in [0.15, 0.2) is 6.10 Å². The highest BCUT2D eigenvalue weighted by Gasteiger charge is 2.28. The zero-order chi connectivity index (χ0) is 51.3. The summed E-state index contributed by atoms with van der Waals surface area (Å²) in [5.41, 5.74) is 0. The second kappa shape index (κ2) is 53.3. The molecule has 0 aromatic heterocycles. The zero-order valence-electron chi connectivity index (χ0n) is 45.5. The number of phosphoric ester groups is 1. The number of ether oxygens (including phenoxy) is 3. The van der Waals surface area contributed by atoms with Crippen molar-refractivity contribution in [3.63, 3.8) is 0 Å². The van der Waals surface area contributed by atoms with Gasteiger partial charge in [0.05, 0.1) is 19.8 Å². The maximum Gasteiger partial charge on any atom is 0.472 e. The van der Waals surface area contributed by atoms with Crippen LogP contribution in [0.1, 0.15) is 290 Å². The molecular weight excluding hydrogens is 904 g/mol. The van der Waals surface area contributed by atoms with E-state index in [1.807, 2.05) is 0 Å². The summed E-state index contributed by atoms with van der Waals surface area (Å²) in [4.78, 5) is 48.5. The second-order valence-corrected chi connectivity index (χ2v) is 21.3. The molecule has 412 valence electrons. The van der Waals surface area contributed by atoms with E-state index in [9.17, 15) is 28.9 Å². The van der Waals surface area contributed by atoms with Crippen molar-refractivity contribution >= 4 is 25.7 Å². The van der Waals surface area contributed by atoms with Gasteiger partial charge in [0.2, 0.25) is 0 Å². The van der Waals surface area contributed by atoms with E-state index in [1.165, 1.54) is 135 Å². The van der Waals surface area contributed by atoms with Gasteiger partial charge in [0, 0.05) is 19.3 Å². The molecule has 0 radical (unpaired) electrons. The van der Waals surface area contributed by atoms with E-state index >= 15 is 0 Å². The first-order chi connectivity index (χ1) is 34.2. The van der Waals surface area contributed by atoms with Crippen molar-refractivity contribution < 1.29 is 52.2 Å². The monoisotopic (exact) mass is 1010 g/mol. The molecule has 0 aromatic carbocycles. The van der Waals surface area contributed by atoms with Gasteiger partial charge in [0.1, 0.15) is 12.7 Å². The van der Waals surface area contributed by atoms with Crippen LogP contribution in [0.15, 0.2) is 24.3 Å². The number of carbonyl (C=O) groups excluding carboxylic acids is 3. The lowest BCUT2D eigenvalue weighted by Gasteiger charge is -2.21. The van der Waals surface area contributed by atoms with Crippen LogP contribution in [0.2, 0.25) is 0 Å². The van der Waals surface area contributed by atoms with Crippen LogP contribution < -0.4 is 0 Å². The van der Waals surface area contributed by atoms with E-state index in [-0.39, 0.29) is 25.9 Å². The fourth-order valence-corrected chi connectivity index (χ4v) is 9.13. The minimum atomic E-state index is -4.74. The molecule has 0 spiro atoms. The van der Waals surface area contributed by atoms with Gasteiger partial charge >= 0.3 is 25.7 Å². The topological polar surface area (TPSA) is 155 Å². The Labute approximate surface area is 429 Å². The first kappa shape index (κ1) is 68.0. The average Bonchev–Trinajstić information content (AvgIpc) is 3.35. The lowest BCUT2D eigenvalue weighted by atomic mass is 10.0. The van der Waals surface area contributed by atoms with E-state index < -0.39 is 57.8 Å². The molecule has 0 fully saturated rings. The highest BCUT2D eigenvalue weighted by atomic mass is 31.2. The molecule has 3 atom stereocenters. The van der Waals surface area contributed by atoms with Crippen LogP contribution in [0.4, 0.5) is 0 Å². The zero-order valence-corrected chi connectivity index (χ0v) is 46.4. The predicted molar refractivity (Wildman–Crippen MR) is 289 cm³/mol. The van der Waals surface area contributed by atoms with Crippen molar-refractivity contribution in [1.29, 1.82) is 0 Å². The molecule has 3 unspecified atom stereocenters. The molecule has 0 aliphatic rings. The third kappa shape index (κ3) is 50.9. The molecule has 0 rings (SSSR count). The Kier molecular flexibility index (Phi) is 51.7. The Balaban J connectivity index is 4.69. The average molecular weight is 1010 g/mol. The molecule has 0 saturated heterocycles. The largest absolute Gasteiger partial charge is 0.472 e. The van der Waals surface area contributed by atoms with Gasteiger partial charge in [0.25, 0.3) is 0 Å². The van der Waals surface area contributed by atoms with Crippen molar-refractivity contribution in [2.45, 2.75) is 303 Å². The van der Waals surface area contributed by atoms with E-state index in [2.05, 4.69) is 45.1 Å². The highest BCUT2D eigenvalue weighted by Crippen LogP contribution is 2.43. The number of esters is 3. The predicted octanol–water partition coefficient (Wildman–Crippen LogP) is 17.0. The Morgan fingerprint density at radius 1 is 0.386 bits per heavy atom.